The van der Waals surface area contributed by atoms with Crippen LogP contribution in [0.2, 0.25) is 0 Å². The van der Waals surface area contributed by atoms with Gasteiger partial charge in [0.1, 0.15) is 18.3 Å². The maximum absolute atomic E-state index is 13.8. The quantitative estimate of drug-likeness (QED) is 0.0566. The number of nitrogens with one attached hydrogen (secondary N) is 2. The summed E-state index contributed by atoms with van der Waals surface area (Å²) in [5, 5.41) is 0. The van der Waals surface area contributed by atoms with Crippen molar-refractivity contribution >= 4 is 31.6 Å². The zero-order valence-corrected chi connectivity index (χ0v) is 24.1. The molecule has 2 N–H and O–H groups in total. The first-order valence-electron chi connectivity index (χ1n) is 14.1. The molecule has 0 saturated carbocycles. The summed E-state index contributed by atoms with van der Waals surface area (Å²) >= 11 is 0. The highest BCUT2D eigenvalue weighted by Crippen LogP contribution is 2.35. The summed E-state index contributed by atoms with van der Waals surface area (Å²) in [4.78, 5) is 42.5. The van der Waals surface area contributed by atoms with E-state index in [1.54, 1.807) is 36.4 Å². The Morgan fingerprint density at radius 3 is 1.48 bits per heavy atom. The number of ketones is 1. The lowest BCUT2D eigenvalue weighted by molar-refractivity contribution is 0.104. The predicted octanol–water partition coefficient (Wildman–Crippen LogP) is 7.72. The number of hydrogen-bond donors (Lipinski definition) is 2. The van der Waals surface area contributed by atoms with Crippen LogP contribution in [0.5, 0.6) is 0 Å². The monoisotopic (exact) mass is 570 g/mol. The van der Waals surface area contributed by atoms with Crippen molar-refractivity contribution in [1.82, 2.24) is 9.97 Å². The Kier molecular flexibility index (Phi) is 9.73. The lowest BCUT2D eigenvalue weighted by Crippen LogP contribution is -2.09. The van der Waals surface area contributed by atoms with E-state index < -0.39 is 13.3 Å². The fraction of sp³-hybridized carbons (Fsp3) is 0.242. The average Bonchev–Trinajstić information content (AvgIpc) is 3.58. The molecule has 0 bridgehead atoms. The van der Waals surface area contributed by atoms with Gasteiger partial charge in [-0.2, -0.15) is 0 Å². The molecule has 0 aliphatic carbocycles. The van der Waals surface area contributed by atoms with Crippen LogP contribution in [0.25, 0.3) is 28.3 Å². The van der Waals surface area contributed by atoms with Crippen molar-refractivity contribution in [2.24, 2.45) is 0 Å². The molecule has 0 amide bonds. The Morgan fingerprint density at radius 1 is 0.690 bits per heavy atom. The second-order valence-corrected chi connectivity index (χ2v) is 9.81. The molecule has 0 spiro atoms. The van der Waals surface area contributed by atoms with E-state index in [9.17, 15) is 23.0 Å². The van der Waals surface area contributed by atoms with Crippen molar-refractivity contribution in [2.75, 3.05) is 0 Å². The van der Waals surface area contributed by atoms with Crippen LogP contribution in [-0.4, -0.2) is 35.8 Å². The second-order valence-electron chi connectivity index (χ2n) is 9.81. The van der Waals surface area contributed by atoms with Gasteiger partial charge in [-0.05, 0) is 59.1 Å². The lowest BCUT2D eigenvalue weighted by atomic mass is 9.98. The highest BCUT2D eigenvalue weighted by atomic mass is 19.2. The van der Waals surface area contributed by atoms with Crippen LogP contribution in [0.4, 0.5) is 8.63 Å². The highest BCUT2D eigenvalue weighted by Gasteiger charge is 2.28. The molecule has 4 rings (SSSR count). The standard InChI is InChI=1S/C33H33BF2N2O4/c1-5-24-26(7-3)32(37-30(24)22-13-9-20(18-39)10-14-22)28(41)17-29(42-34(35)36)33-27(8-4)25(6-2)31(38-33)23-15-11-21(19-40)12-16-23/h9-19,37-38H,5-8H2,1-4H3/b29-17-. The number of rotatable bonds is 13. The topological polar surface area (TPSA) is 92.0 Å². The molecule has 9 heteroatoms. The minimum atomic E-state index is -3.15. The third-order valence-electron chi connectivity index (χ3n) is 7.49. The molecular formula is C33H33BF2N2O4. The Bertz CT molecular complexity index is 1620. The van der Waals surface area contributed by atoms with Gasteiger partial charge in [0.25, 0.3) is 0 Å². The summed E-state index contributed by atoms with van der Waals surface area (Å²) < 4.78 is 32.5. The van der Waals surface area contributed by atoms with E-state index in [2.05, 4.69) is 9.97 Å². The fourth-order valence-electron chi connectivity index (χ4n) is 5.54. The van der Waals surface area contributed by atoms with Gasteiger partial charge < -0.3 is 14.6 Å². The molecule has 2 heterocycles. The summed E-state index contributed by atoms with van der Waals surface area (Å²) in [6, 6.07) is 14.0. The van der Waals surface area contributed by atoms with Crippen molar-refractivity contribution in [3.05, 3.63) is 99.4 Å². The largest absolute Gasteiger partial charge is 0.796 e. The number of halogens is 2. The number of aromatic amines is 2. The molecular weight excluding hydrogens is 537 g/mol. The summed E-state index contributed by atoms with van der Waals surface area (Å²) in [6.07, 6.45) is 4.97. The molecule has 0 atom stereocenters. The first kappa shape index (κ1) is 30.4. The second kappa shape index (κ2) is 13.4. The SMILES string of the molecule is CCc1c(C(=O)/C=C(\OB(F)F)c2[nH]c(-c3ccc(C=O)cc3)c(CC)c2CC)[nH]c(-c2ccc(C=O)cc2)c1CC. The summed E-state index contributed by atoms with van der Waals surface area (Å²) in [5.41, 5.74) is 8.22. The molecule has 6 nitrogen and oxygen atoms in total. The molecule has 4 aromatic rings. The van der Waals surface area contributed by atoms with E-state index in [-0.39, 0.29) is 5.76 Å². The molecule has 2 aromatic carbocycles. The first-order valence-corrected chi connectivity index (χ1v) is 14.1. The van der Waals surface area contributed by atoms with Crippen molar-refractivity contribution in [3.63, 3.8) is 0 Å². The van der Waals surface area contributed by atoms with Crippen LogP contribution in [0.15, 0.2) is 54.6 Å². The van der Waals surface area contributed by atoms with Gasteiger partial charge in [0.05, 0.1) is 11.4 Å². The van der Waals surface area contributed by atoms with E-state index in [0.29, 0.717) is 48.2 Å². The van der Waals surface area contributed by atoms with Crippen molar-refractivity contribution in [2.45, 2.75) is 53.4 Å². The number of carbonyl (C=O) groups is 3. The number of hydrogen-bond acceptors (Lipinski definition) is 4. The van der Waals surface area contributed by atoms with E-state index >= 15 is 0 Å². The van der Waals surface area contributed by atoms with Crippen molar-refractivity contribution < 1.29 is 27.7 Å². The van der Waals surface area contributed by atoms with Crippen LogP contribution in [-0.2, 0) is 30.3 Å². The zero-order valence-electron chi connectivity index (χ0n) is 24.1. The number of carbonyl (C=O) groups excluding carboxylic acids is 3. The molecule has 216 valence electrons. The predicted molar refractivity (Wildman–Crippen MR) is 162 cm³/mol. The van der Waals surface area contributed by atoms with E-state index in [1.165, 1.54) is 0 Å². The molecule has 0 radical (unpaired) electrons. The zero-order chi connectivity index (χ0) is 30.4. The number of aromatic nitrogens is 2. The van der Waals surface area contributed by atoms with Gasteiger partial charge in [-0.15, -0.1) is 0 Å². The van der Waals surface area contributed by atoms with Crippen LogP contribution >= 0.6 is 0 Å². The third-order valence-corrected chi connectivity index (χ3v) is 7.49. The lowest BCUT2D eigenvalue weighted by Gasteiger charge is -2.10. The number of aldehydes is 2. The minimum Gasteiger partial charge on any atom is -0.503 e. The van der Waals surface area contributed by atoms with E-state index in [0.717, 1.165) is 63.4 Å². The average molecular weight is 570 g/mol. The first-order chi connectivity index (χ1) is 20.3. The number of allylic oxidation sites excluding steroid dienone is 1. The molecule has 0 saturated heterocycles. The van der Waals surface area contributed by atoms with Crippen LogP contribution in [0.3, 0.4) is 0 Å². The Balaban J connectivity index is 1.85. The normalized spacial score (nSPS) is 11.4. The Labute approximate surface area is 244 Å². The molecule has 0 unspecified atom stereocenters. The van der Waals surface area contributed by atoms with Gasteiger partial charge >= 0.3 is 7.47 Å². The summed E-state index contributed by atoms with van der Waals surface area (Å²) in [6.45, 7) is 7.82. The van der Waals surface area contributed by atoms with Gasteiger partial charge in [0.15, 0.2) is 0 Å². The number of H-pyrrole nitrogens is 2. The Hall–Kier alpha value is -4.53. The van der Waals surface area contributed by atoms with Gasteiger partial charge in [0.2, 0.25) is 5.78 Å². The van der Waals surface area contributed by atoms with Gasteiger partial charge in [-0.3, -0.25) is 14.4 Å². The van der Waals surface area contributed by atoms with Crippen LogP contribution < -0.4 is 0 Å². The molecule has 0 aliphatic rings. The van der Waals surface area contributed by atoms with Gasteiger partial charge in [-0.25, -0.2) is 8.63 Å². The summed E-state index contributed by atoms with van der Waals surface area (Å²) in [7, 11) is -3.15. The molecule has 0 fully saturated rings. The van der Waals surface area contributed by atoms with Crippen molar-refractivity contribution in [3.8, 4) is 22.5 Å². The van der Waals surface area contributed by atoms with Gasteiger partial charge in [0, 0.05) is 28.6 Å². The molecule has 42 heavy (non-hydrogen) atoms. The summed E-state index contributed by atoms with van der Waals surface area (Å²) in [5.74, 6) is -0.733. The Morgan fingerprint density at radius 2 is 1.10 bits per heavy atom. The smallest absolute Gasteiger partial charge is 0.503 e. The van der Waals surface area contributed by atoms with E-state index in [1.807, 2.05) is 39.8 Å². The van der Waals surface area contributed by atoms with Gasteiger partial charge in [-0.1, -0.05) is 76.2 Å². The maximum atomic E-state index is 13.8. The van der Waals surface area contributed by atoms with Crippen LogP contribution in [0.1, 0.15) is 86.8 Å². The third kappa shape index (κ3) is 6.05. The highest BCUT2D eigenvalue weighted by molar-refractivity contribution is 6.36. The van der Waals surface area contributed by atoms with Crippen LogP contribution in [0, 0.1) is 0 Å². The van der Waals surface area contributed by atoms with Crippen molar-refractivity contribution in [1.29, 1.82) is 0 Å². The maximum Gasteiger partial charge on any atom is 0.796 e. The molecule has 0 aliphatic heterocycles. The molecule has 2 aromatic heterocycles. The minimum absolute atomic E-state index is 0.246. The van der Waals surface area contributed by atoms with E-state index in [4.69, 9.17) is 4.65 Å². The number of benzene rings is 2. The fourth-order valence-corrected chi connectivity index (χ4v) is 5.54.